The number of thioether (sulfide) groups is 2. The molecular weight excluding hydrogens is 406 g/mol. The maximum atomic E-state index is 12.9. The van der Waals surface area contributed by atoms with Gasteiger partial charge in [-0.25, -0.2) is 4.98 Å². The number of amides is 1. The Kier molecular flexibility index (Phi) is 6.13. The van der Waals surface area contributed by atoms with Gasteiger partial charge in [-0.2, -0.15) is 0 Å². The lowest BCUT2D eigenvalue weighted by Crippen LogP contribution is -2.48. The lowest BCUT2D eigenvalue weighted by Gasteiger charge is -2.34. The smallest absolute Gasteiger partial charge is 0.254 e. The Labute approximate surface area is 178 Å². The largest absolute Gasteiger partial charge is 0.345 e. The Balaban J connectivity index is 1.44. The molecule has 146 valence electrons. The SMILES string of the molecule is CCSc1cccc(C(=O)N2CCN(c3nc4c(SC)cccc4s3)CC2)c1. The monoisotopic (exact) mass is 429 g/mol. The molecular formula is C21H23N3OS3. The summed E-state index contributed by atoms with van der Waals surface area (Å²) in [6.07, 6.45) is 2.09. The van der Waals surface area contributed by atoms with Gasteiger partial charge in [0.1, 0.15) is 0 Å². The molecule has 1 fully saturated rings. The minimum absolute atomic E-state index is 0.132. The third-order valence-electron chi connectivity index (χ3n) is 4.82. The van der Waals surface area contributed by atoms with Gasteiger partial charge in [-0.1, -0.05) is 30.4 Å². The normalized spacial score (nSPS) is 14.6. The summed E-state index contributed by atoms with van der Waals surface area (Å²) < 4.78 is 1.23. The van der Waals surface area contributed by atoms with E-state index in [-0.39, 0.29) is 5.91 Å². The van der Waals surface area contributed by atoms with Gasteiger partial charge in [0.15, 0.2) is 5.13 Å². The van der Waals surface area contributed by atoms with Crippen molar-refractivity contribution >= 4 is 56.1 Å². The minimum Gasteiger partial charge on any atom is -0.345 e. The average Bonchev–Trinajstić information content (AvgIpc) is 3.18. The Morgan fingerprint density at radius 1 is 1.14 bits per heavy atom. The molecule has 0 N–H and O–H groups in total. The molecule has 0 saturated carbocycles. The Bertz CT molecular complexity index is 980. The Morgan fingerprint density at radius 3 is 2.68 bits per heavy atom. The summed E-state index contributed by atoms with van der Waals surface area (Å²) in [5.74, 6) is 1.14. The Hall–Kier alpha value is -1.70. The van der Waals surface area contributed by atoms with Crippen molar-refractivity contribution in [3.8, 4) is 0 Å². The second-order valence-corrected chi connectivity index (χ2v) is 9.74. The summed E-state index contributed by atoms with van der Waals surface area (Å²) in [5, 5.41) is 1.06. The van der Waals surface area contributed by atoms with Crippen LogP contribution in [0, 0.1) is 0 Å². The van der Waals surface area contributed by atoms with Gasteiger partial charge in [-0.3, -0.25) is 4.79 Å². The number of carbonyl (C=O) groups excluding carboxylic acids is 1. The molecule has 0 bridgehead atoms. The zero-order chi connectivity index (χ0) is 19.5. The summed E-state index contributed by atoms with van der Waals surface area (Å²) in [6.45, 7) is 5.24. The molecule has 7 heteroatoms. The van der Waals surface area contributed by atoms with Gasteiger partial charge in [-0.15, -0.1) is 23.5 Å². The number of thiazole rings is 1. The number of nitrogens with zero attached hydrogens (tertiary/aromatic N) is 3. The second-order valence-electron chi connectivity index (χ2n) is 6.54. The highest BCUT2D eigenvalue weighted by atomic mass is 32.2. The van der Waals surface area contributed by atoms with Crippen molar-refractivity contribution in [3.63, 3.8) is 0 Å². The molecule has 1 aliphatic rings. The van der Waals surface area contributed by atoms with Gasteiger partial charge in [-0.05, 0) is 42.3 Å². The van der Waals surface area contributed by atoms with E-state index in [9.17, 15) is 4.79 Å². The van der Waals surface area contributed by atoms with Crippen molar-refractivity contribution in [2.45, 2.75) is 16.7 Å². The lowest BCUT2D eigenvalue weighted by molar-refractivity contribution is 0.0746. The van der Waals surface area contributed by atoms with Gasteiger partial charge in [0.25, 0.3) is 5.91 Å². The van der Waals surface area contributed by atoms with Crippen LogP contribution in [0.15, 0.2) is 52.3 Å². The molecule has 2 aromatic carbocycles. The first-order chi connectivity index (χ1) is 13.7. The summed E-state index contributed by atoms with van der Waals surface area (Å²) in [6, 6.07) is 14.3. The predicted octanol–water partition coefficient (Wildman–Crippen LogP) is 5.09. The summed E-state index contributed by atoms with van der Waals surface area (Å²) in [4.78, 5) is 24.4. The van der Waals surface area contributed by atoms with Crippen molar-refractivity contribution in [2.24, 2.45) is 0 Å². The van der Waals surface area contributed by atoms with Gasteiger partial charge >= 0.3 is 0 Å². The number of hydrogen-bond donors (Lipinski definition) is 0. The first-order valence-electron chi connectivity index (χ1n) is 9.40. The maximum absolute atomic E-state index is 12.9. The number of carbonyl (C=O) groups is 1. The number of aromatic nitrogens is 1. The van der Waals surface area contributed by atoms with Gasteiger partial charge in [0.2, 0.25) is 0 Å². The number of benzene rings is 2. The van der Waals surface area contributed by atoms with E-state index in [0.717, 1.165) is 53.0 Å². The number of para-hydroxylation sites is 1. The maximum Gasteiger partial charge on any atom is 0.254 e. The van der Waals surface area contributed by atoms with Gasteiger partial charge in [0.05, 0.1) is 10.2 Å². The van der Waals surface area contributed by atoms with Crippen LogP contribution in [-0.2, 0) is 0 Å². The van der Waals surface area contributed by atoms with E-state index < -0.39 is 0 Å². The van der Waals surface area contributed by atoms with Crippen LogP contribution in [0.2, 0.25) is 0 Å². The summed E-state index contributed by atoms with van der Waals surface area (Å²) in [7, 11) is 0. The number of rotatable bonds is 5. The Morgan fingerprint density at radius 2 is 1.93 bits per heavy atom. The van der Waals surface area contributed by atoms with Crippen LogP contribution in [0.5, 0.6) is 0 Å². The standard InChI is InChI=1S/C21H23N3OS3/c1-3-27-16-7-4-6-15(14-16)20(25)23-10-12-24(13-11-23)21-22-19-17(26-2)8-5-9-18(19)28-21/h4-9,14H,3,10-13H2,1-2H3. The van der Waals surface area contributed by atoms with E-state index in [1.54, 1.807) is 34.9 Å². The van der Waals surface area contributed by atoms with Crippen LogP contribution in [0.1, 0.15) is 17.3 Å². The molecule has 1 amide bonds. The van der Waals surface area contributed by atoms with Gasteiger partial charge in [0, 0.05) is 41.5 Å². The molecule has 4 rings (SSSR count). The van der Waals surface area contributed by atoms with Crippen LogP contribution in [-0.4, -0.2) is 54.0 Å². The van der Waals surface area contributed by atoms with Crippen molar-refractivity contribution in [1.82, 2.24) is 9.88 Å². The van der Waals surface area contributed by atoms with E-state index in [0.29, 0.717) is 0 Å². The van der Waals surface area contributed by atoms with E-state index in [1.807, 2.05) is 23.1 Å². The van der Waals surface area contributed by atoms with E-state index >= 15 is 0 Å². The lowest BCUT2D eigenvalue weighted by atomic mass is 10.2. The topological polar surface area (TPSA) is 36.4 Å². The van der Waals surface area contributed by atoms with Crippen LogP contribution < -0.4 is 4.90 Å². The first-order valence-corrected chi connectivity index (χ1v) is 12.4. The van der Waals surface area contributed by atoms with Crippen molar-refractivity contribution in [1.29, 1.82) is 0 Å². The van der Waals surface area contributed by atoms with E-state index in [4.69, 9.17) is 4.98 Å². The number of anilines is 1. The average molecular weight is 430 g/mol. The molecule has 0 spiro atoms. The molecule has 0 atom stereocenters. The van der Waals surface area contributed by atoms with Crippen LogP contribution in [0.25, 0.3) is 10.2 Å². The number of hydrogen-bond acceptors (Lipinski definition) is 6. The first kappa shape index (κ1) is 19.6. The highest BCUT2D eigenvalue weighted by Gasteiger charge is 2.24. The zero-order valence-electron chi connectivity index (χ0n) is 16.1. The molecule has 2 heterocycles. The van der Waals surface area contributed by atoms with Gasteiger partial charge < -0.3 is 9.80 Å². The molecule has 1 aliphatic heterocycles. The highest BCUT2D eigenvalue weighted by molar-refractivity contribution is 7.99. The van der Waals surface area contributed by atoms with E-state index in [1.165, 1.54) is 9.60 Å². The highest BCUT2D eigenvalue weighted by Crippen LogP contribution is 2.34. The van der Waals surface area contributed by atoms with E-state index in [2.05, 4.69) is 42.3 Å². The number of fused-ring (bicyclic) bond motifs is 1. The molecule has 0 aliphatic carbocycles. The molecule has 28 heavy (non-hydrogen) atoms. The summed E-state index contributed by atoms with van der Waals surface area (Å²) in [5.41, 5.74) is 1.88. The predicted molar refractivity (Wildman–Crippen MR) is 122 cm³/mol. The molecule has 1 saturated heterocycles. The third kappa shape index (κ3) is 4.02. The van der Waals surface area contributed by atoms with Crippen LogP contribution in [0.4, 0.5) is 5.13 Å². The molecule has 0 radical (unpaired) electrons. The number of piperazine rings is 1. The third-order valence-corrected chi connectivity index (χ3v) is 7.55. The molecule has 1 aromatic heterocycles. The minimum atomic E-state index is 0.132. The van der Waals surface area contributed by atoms with Crippen LogP contribution in [0.3, 0.4) is 0 Å². The molecule has 0 unspecified atom stereocenters. The zero-order valence-corrected chi connectivity index (χ0v) is 18.5. The van der Waals surface area contributed by atoms with Crippen molar-refractivity contribution in [2.75, 3.05) is 43.1 Å². The fourth-order valence-corrected chi connectivity index (χ4v) is 5.77. The molecule has 3 aromatic rings. The fourth-order valence-electron chi connectivity index (χ4n) is 3.38. The van der Waals surface area contributed by atoms with Crippen LogP contribution >= 0.6 is 34.9 Å². The molecule has 4 nitrogen and oxygen atoms in total. The summed E-state index contributed by atoms with van der Waals surface area (Å²) >= 11 is 5.25. The second kappa shape index (κ2) is 8.76. The fraction of sp³-hybridized carbons (Fsp3) is 0.333. The van der Waals surface area contributed by atoms with Crippen molar-refractivity contribution < 1.29 is 4.79 Å². The quantitative estimate of drug-likeness (QED) is 0.528. The van der Waals surface area contributed by atoms with Crippen molar-refractivity contribution in [3.05, 3.63) is 48.0 Å².